The van der Waals surface area contributed by atoms with E-state index in [-0.39, 0.29) is 16.9 Å². The number of hydrogen-bond donors (Lipinski definition) is 4. The highest BCUT2D eigenvalue weighted by atomic mass is 16.6. The van der Waals surface area contributed by atoms with Crippen molar-refractivity contribution in [3.05, 3.63) is 96.8 Å². The van der Waals surface area contributed by atoms with E-state index in [0.717, 1.165) is 0 Å². The summed E-state index contributed by atoms with van der Waals surface area (Å²) >= 11 is 0. The number of H-pyrrole nitrogens is 4. The second kappa shape index (κ2) is 9.80. The minimum absolute atomic E-state index is 0.217. The second-order valence-corrected chi connectivity index (χ2v) is 7.93. The monoisotopic (exact) mass is 478 g/mol. The van der Waals surface area contributed by atoms with Gasteiger partial charge in [0.2, 0.25) is 0 Å². The molecular weight excluding hydrogens is 452 g/mol. The molecule has 0 bridgehead atoms. The molecule has 0 atom stereocenters. The minimum Gasteiger partial charge on any atom is -0.497 e. The van der Waals surface area contributed by atoms with Crippen LogP contribution in [0.3, 0.4) is 0 Å². The van der Waals surface area contributed by atoms with Gasteiger partial charge in [0.25, 0.3) is 11.1 Å². The molecule has 0 saturated heterocycles. The van der Waals surface area contributed by atoms with Crippen molar-refractivity contribution < 1.29 is 19.0 Å². The number of carbonyl (C=O) groups excluding carboxylic acids is 1. The van der Waals surface area contributed by atoms with Gasteiger partial charge in [0.05, 0.1) is 30.4 Å². The van der Waals surface area contributed by atoms with E-state index in [9.17, 15) is 14.4 Å². The van der Waals surface area contributed by atoms with Crippen molar-refractivity contribution in [3.8, 4) is 17.2 Å². The van der Waals surface area contributed by atoms with Crippen LogP contribution in [0.25, 0.3) is 0 Å². The molecule has 0 fully saturated rings. The third kappa shape index (κ3) is 4.63. The molecule has 0 aliphatic carbocycles. The van der Waals surface area contributed by atoms with Crippen molar-refractivity contribution in [2.24, 2.45) is 0 Å². The van der Waals surface area contributed by atoms with Gasteiger partial charge in [0, 0.05) is 17.3 Å². The van der Waals surface area contributed by atoms with Crippen molar-refractivity contribution >= 4 is 5.97 Å². The molecule has 4 N–H and O–H groups in total. The summed E-state index contributed by atoms with van der Waals surface area (Å²) in [6.45, 7) is 5.63. The Labute approximate surface area is 200 Å². The first kappa shape index (κ1) is 23.7. The van der Waals surface area contributed by atoms with Crippen molar-refractivity contribution in [1.29, 1.82) is 0 Å². The zero-order chi connectivity index (χ0) is 25.1. The number of esters is 1. The highest BCUT2D eigenvalue weighted by Crippen LogP contribution is 2.37. The summed E-state index contributed by atoms with van der Waals surface area (Å²) in [4.78, 5) is 38.1. The standard InChI is InChI=1S/C25H26N4O6/c1-5-34-19-12-16(8-11-18(19)35-25(32)15-6-9-17(33-4)10-7-15)22(20-13(2)26-28-23(20)30)21-14(3)27-29-24(21)31/h6-12,22H,5H2,1-4H3,(H2,26,28,30)(H2,27,29,31). The fraction of sp³-hybridized carbons (Fsp3) is 0.240. The third-order valence-electron chi connectivity index (χ3n) is 5.73. The number of nitrogens with one attached hydrogen (secondary N) is 4. The van der Waals surface area contributed by atoms with Gasteiger partial charge in [-0.25, -0.2) is 4.79 Å². The van der Waals surface area contributed by atoms with Crippen molar-refractivity contribution in [1.82, 2.24) is 20.4 Å². The summed E-state index contributed by atoms with van der Waals surface area (Å²) in [5, 5.41) is 10.8. The second-order valence-electron chi connectivity index (χ2n) is 7.93. The van der Waals surface area contributed by atoms with Gasteiger partial charge in [-0.2, -0.15) is 0 Å². The Morgan fingerprint density at radius 2 is 1.46 bits per heavy atom. The number of rotatable bonds is 8. The van der Waals surface area contributed by atoms with Crippen LogP contribution in [-0.4, -0.2) is 40.1 Å². The summed E-state index contributed by atoms with van der Waals surface area (Å²) in [6, 6.07) is 11.5. The molecule has 0 aliphatic heterocycles. The zero-order valence-electron chi connectivity index (χ0n) is 19.8. The maximum absolute atomic E-state index is 12.7. The molecule has 0 spiro atoms. The number of carbonyl (C=O) groups is 1. The third-order valence-corrected chi connectivity index (χ3v) is 5.73. The summed E-state index contributed by atoms with van der Waals surface area (Å²) in [6.07, 6.45) is 0. The van der Waals surface area contributed by atoms with Crippen LogP contribution in [0.2, 0.25) is 0 Å². The molecule has 4 aromatic rings. The number of aromatic amines is 4. The molecule has 0 saturated carbocycles. The predicted molar refractivity (Wildman–Crippen MR) is 129 cm³/mol. The topological polar surface area (TPSA) is 142 Å². The largest absolute Gasteiger partial charge is 0.497 e. The first-order valence-electron chi connectivity index (χ1n) is 11.0. The molecule has 182 valence electrons. The lowest BCUT2D eigenvalue weighted by molar-refractivity contribution is 0.0728. The van der Waals surface area contributed by atoms with Gasteiger partial charge in [-0.1, -0.05) is 6.07 Å². The van der Waals surface area contributed by atoms with Crippen molar-refractivity contribution in [2.75, 3.05) is 13.7 Å². The normalized spacial score (nSPS) is 11.0. The molecule has 2 aromatic heterocycles. The van der Waals surface area contributed by atoms with Crippen LogP contribution in [0.1, 0.15) is 51.3 Å². The highest BCUT2D eigenvalue weighted by Gasteiger charge is 2.29. The number of hydrogen-bond acceptors (Lipinski definition) is 6. The Kier molecular flexibility index (Phi) is 6.63. The summed E-state index contributed by atoms with van der Waals surface area (Å²) in [7, 11) is 1.54. The average molecular weight is 479 g/mol. The molecule has 2 aromatic carbocycles. The van der Waals surface area contributed by atoms with Crippen molar-refractivity contribution in [3.63, 3.8) is 0 Å². The Morgan fingerprint density at radius 1 is 0.857 bits per heavy atom. The quantitative estimate of drug-likeness (QED) is 0.226. The number of aryl methyl sites for hydroxylation is 2. The Balaban J connectivity index is 1.77. The first-order valence-corrected chi connectivity index (χ1v) is 11.0. The molecule has 4 rings (SSSR count). The van der Waals surface area contributed by atoms with Crippen LogP contribution >= 0.6 is 0 Å². The molecule has 10 heteroatoms. The average Bonchev–Trinajstić information content (AvgIpc) is 3.36. The number of methoxy groups -OCH3 is 1. The van der Waals surface area contributed by atoms with Gasteiger partial charge in [-0.15, -0.1) is 0 Å². The van der Waals surface area contributed by atoms with E-state index in [1.54, 1.807) is 70.3 Å². The predicted octanol–water partition coefficient (Wildman–Crippen LogP) is 3.14. The summed E-state index contributed by atoms with van der Waals surface area (Å²) < 4.78 is 16.5. The molecule has 35 heavy (non-hydrogen) atoms. The van der Waals surface area contributed by atoms with Crippen LogP contribution in [0.5, 0.6) is 17.2 Å². The highest BCUT2D eigenvalue weighted by molar-refractivity contribution is 5.91. The Bertz CT molecular complexity index is 1400. The van der Waals surface area contributed by atoms with E-state index >= 15 is 0 Å². The maximum atomic E-state index is 12.7. The van der Waals surface area contributed by atoms with Gasteiger partial charge < -0.3 is 24.4 Å². The molecule has 2 heterocycles. The van der Waals surface area contributed by atoms with Crippen LogP contribution in [0, 0.1) is 13.8 Å². The summed E-state index contributed by atoms with van der Waals surface area (Å²) in [5.74, 6) is -0.100. The van der Waals surface area contributed by atoms with E-state index in [4.69, 9.17) is 14.2 Å². The van der Waals surface area contributed by atoms with E-state index in [0.29, 0.717) is 51.7 Å². The van der Waals surface area contributed by atoms with Gasteiger partial charge in [0.15, 0.2) is 11.5 Å². The zero-order valence-corrected chi connectivity index (χ0v) is 19.8. The van der Waals surface area contributed by atoms with Crippen LogP contribution < -0.4 is 25.3 Å². The lowest BCUT2D eigenvalue weighted by Crippen LogP contribution is -2.20. The first-order chi connectivity index (χ1) is 16.8. The molecule has 0 aliphatic rings. The molecule has 0 radical (unpaired) electrons. The Hall–Kier alpha value is -4.47. The molecule has 0 amide bonds. The molecule has 10 nitrogen and oxygen atoms in total. The maximum Gasteiger partial charge on any atom is 0.343 e. The molecule has 0 unspecified atom stereocenters. The number of aromatic nitrogens is 4. The van der Waals surface area contributed by atoms with Gasteiger partial charge in [-0.05, 0) is 62.7 Å². The van der Waals surface area contributed by atoms with E-state index < -0.39 is 11.9 Å². The van der Waals surface area contributed by atoms with Crippen LogP contribution in [-0.2, 0) is 0 Å². The summed E-state index contributed by atoms with van der Waals surface area (Å²) in [5.41, 5.74) is 2.33. The van der Waals surface area contributed by atoms with E-state index in [1.807, 2.05) is 0 Å². The lowest BCUT2D eigenvalue weighted by atomic mass is 9.85. The number of benzene rings is 2. The Morgan fingerprint density at radius 3 is 1.94 bits per heavy atom. The smallest absolute Gasteiger partial charge is 0.343 e. The van der Waals surface area contributed by atoms with Gasteiger partial charge in [0.1, 0.15) is 5.75 Å². The fourth-order valence-electron chi connectivity index (χ4n) is 4.03. The minimum atomic E-state index is -0.689. The SMILES string of the molecule is CCOc1cc(C(c2c(C)[nH][nH]c2=O)c2c(C)[nH][nH]c2=O)ccc1OC(=O)c1ccc(OC)cc1. The fourth-order valence-corrected chi connectivity index (χ4v) is 4.03. The van der Waals surface area contributed by atoms with E-state index in [2.05, 4.69) is 20.4 Å². The van der Waals surface area contributed by atoms with Gasteiger partial charge in [-0.3, -0.25) is 19.8 Å². The molecular formula is C25H26N4O6. The van der Waals surface area contributed by atoms with Crippen molar-refractivity contribution in [2.45, 2.75) is 26.7 Å². The van der Waals surface area contributed by atoms with Crippen LogP contribution in [0.15, 0.2) is 52.1 Å². The number of ether oxygens (including phenoxy) is 3. The lowest BCUT2D eigenvalue weighted by Gasteiger charge is -2.18. The van der Waals surface area contributed by atoms with Crippen LogP contribution in [0.4, 0.5) is 0 Å². The van der Waals surface area contributed by atoms with Gasteiger partial charge >= 0.3 is 5.97 Å². The van der Waals surface area contributed by atoms with E-state index in [1.165, 1.54) is 0 Å².